The zero-order valence-electron chi connectivity index (χ0n) is 14.2. The van der Waals surface area contributed by atoms with Crippen molar-refractivity contribution in [3.05, 3.63) is 87.9 Å². The number of anilines is 1. The zero-order valence-corrected chi connectivity index (χ0v) is 15.8. The number of nitro benzene ring substituents is 1. The first-order chi connectivity index (χ1) is 13.3. The summed E-state index contributed by atoms with van der Waals surface area (Å²) in [5, 5.41) is 18.9. The lowest BCUT2D eigenvalue weighted by molar-refractivity contribution is -0.385. The van der Waals surface area contributed by atoms with Gasteiger partial charge in [0.15, 0.2) is 0 Å². The molecule has 0 aliphatic heterocycles. The molecule has 0 aliphatic carbocycles. The molecule has 0 unspecified atom stereocenters. The van der Waals surface area contributed by atoms with Crippen molar-refractivity contribution < 1.29 is 13.3 Å². The maximum absolute atomic E-state index is 12.5. The van der Waals surface area contributed by atoms with E-state index in [0.717, 1.165) is 12.1 Å². The van der Waals surface area contributed by atoms with E-state index in [0.29, 0.717) is 11.4 Å². The van der Waals surface area contributed by atoms with Crippen molar-refractivity contribution in [2.75, 3.05) is 4.72 Å². The summed E-state index contributed by atoms with van der Waals surface area (Å²) in [5.41, 5.74) is 1.09. The van der Waals surface area contributed by atoms with Gasteiger partial charge in [-0.15, -0.1) is 0 Å². The minimum Gasteiger partial charge on any atom is -0.280 e. The summed E-state index contributed by atoms with van der Waals surface area (Å²) in [7, 11) is -4.11. The highest BCUT2D eigenvalue weighted by atomic mass is 35.5. The van der Waals surface area contributed by atoms with Crippen molar-refractivity contribution in [2.24, 2.45) is 10.2 Å². The van der Waals surface area contributed by atoms with Crippen molar-refractivity contribution in [3.8, 4) is 0 Å². The van der Waals surface area contributed by atoms with Gasteiger partial charge in [0.1, 0.15) is 4.90 Å². The molecule has 0 heterocycles. The number of nitro groups is 1. The van der Waals surface area contributed by atoms with Crippen LogP contribution in [0.15, 0.2) is 87.9 Å². The molecule has 10 heteroatoms. The number of halogens is 1. The van der Waals surface area contributed by atoms with Gasteiger partial charge in [0.05, 0.1) is 21.3 Å². The fourth-order valence-electron chi connectivity index (χ4n) is 2.23. The van der Waals surface area contributed by atoms with Gasteiger partial charge in [-0.25, -0.2) is 8.42 Å². The van der Waals surface area contributed by atoms with Crippen LogP contribution in [-0.4, -0.2) is 13.3 Å². The number of rotatable bonds is 6. The highest BCUT2D eigenvalue weighted by Crippen LogP contribution is 2.28. The lowest BCUT2D eigenvalue weighted by Gasteiger charge is -2.09. The Morgan fingerprint density at radius 1 is 0.893 bits per heavy atom. The molecule has 0 atom stereocenters. The Morgan fingerprint density at radius 2 is 1.50 bits per heavy atom. The van der Waals surface area contributed by atoms with E-state index in [9.17, 15) is 18.5 Å². The Labute approximate surface area is 165 Å². The van der Waals surface area contributed by atoms with Gasteiger partial charge in [-0.05, 0) is 42.5 Å². The number of sulfonamides is 1. The number of non-ortho nitro benzene ring substituents is 1. The predicted molar refractivity (Wildman–Crippen MR) is 106 cm³/mol. The van der Waals surface area contributed by atoms with Crippen molar-refractivity contribution in [1.29, 1.82) is 0 Å². The number of benzene rings is 3. The van der Waals surface area contributed by atoms with E-state index in [1.165, 1.54) is 18.2 Å². The highest BCUT2D eigenvalue weighted by molar-refractivity contribution is 7.92. The lowest BCUT2D eigenvalue weighted by atomic mass is 10.3. The monoisotopic (exact) mass is 416 g/mol. The van der Waals surface area contributed by atoms with Gasteiger partial charge in [0.2, 0.25) is 0 Å². The van der Waals surface area contributed by atoms with Crippen LogP contribution in [0.25, 0.3) is 0 Å². The predicted octanol–water partition coefficient (Wildman–Crippen LogP) is 5.46. The summed E-state index contributed by atoms with van der Waals surface area (Å²) in [4.78, 5) is 9.81. The summed E-state index contributed by atoms with van der Waals surface area (Å²) >= 11 is 5.91. The fourth-order valence-corrected chi connectivity index (χ4v) is 3.81. The van der Waals surface area contributed by atoms with Crippen molar-refractivity contribution in [2.45, 2.75) is 4.90 Å². The van der Waals surface area contributed by atoms with Crippen LogP contribution in [-0.2, 0) is 10.0 Å². The maximum atomic E-state index is 12.5. The van der Waals surface area contributed by atoms with Crippen LogP contribution < -0.4 is 4.72 Å². The highest BCUT2D eigenvalue weighted by Gasteiger charge is 2.21. The van der Waals surface area contributed by atoms with Gasteiger partial charge < -0.3 is 0 Å². The lowest BCUT2D eigenvalue weighted by Crippen LogP contribution is -2.13. The Kier molecular flexibility index (Phi) is 5.67. The Hall–Kier alpha value is -3.30. The van der Waals surface area contributed by atoms with E-state index >= 15 is 0 Å². The molecule has 0 saturated heterocycles. The molecule has 0 spiro atoms. The van der Waals surface area contributed by atoms with Gasteiger partial charge in [0, 0.05) is 17.8 Å². The van der Waals surface area contributed by atoms with Crippen LogP contribution in [0.3, 0.4) is 0 Å². The summed E-state index contributed by atoms with van der Waals surface area (Å²) in [6, 6.07) is 18.5. The van der Waals surface area contributed by atoms with Gasteiger partial charge >= 0.3 is 0 Å². The molecule has 0 aromatic heterocycles. The summed E-state index contributed by atoms with van der Waals surface area (Å²) in [6.07, 6.45) is 0. The number of hydrogen-bond donors (Lipinski definition) is 1. The largest absolute Gasteiger partial charge is 0.280 e. The molecular weight excluding hydrogens is 404 g/mol. The maximum Gasteiger partial charge on any atom is 0.270 e. The first-order valence-electron chi connectivity index (χ1n) is 7.89. The van der Waals surface area contributed by atoms with Gasteiger partial charge in [-0.2, -0.15) is 10.2 Å². The van der Waals surface area contributed by atoms with Crippen molar-refractivity contribution in [1.82, 2.24) is 0 Å². The molecule has 0 saturated carbocycles. The molecular formula is C18H13ClN4O4S. The first-order valence-corrected chi connectivity index (χ1v) is 9.75. The molecule has 28 heavy (non-hydrogen) atoms. The van der Waals surface area contributed by atoms with Crippen LogP contribution in [0.2, 0.25) is 5.02 Å². The molecule has 0 fully saturated rings. The second kappa shape index (κ2) is 8.15. The van der Waals surface area contributed by atoms with Gasteiger partial charge in [-0.3, -0.25) is 14.8 Å². The number of nitrogens with zero attached hydrogens (tertiary/aromatic N) is 3. The van der Waals surface area contributed by atoms with E-state index in [4.69, 9.17) is 11.6 Å². The molecule has 1 N–H and O–H groups in total. The van der Waals surface area contributed by atoms with Crippen LogP contribution in [0.1, 0.15) is 0 Å². The fraction of sp³-hybridized carbons (Fsp3) is 0. The average molecular weight is 417 g/mol. The molecule has 3 aromatic carbocycles. The summed E-state index contributed by atoms with van der Waals surface area (Å²) < 4.78 is 27.4. The minimum atomic E-state index is -4.11. The van der Waals surface area contributed by atoms with E-state index in [1.54, 1.807) is 24.3 Å². The second-order valence-corrected chi connectivity index (χ2v) is 7.62. The van der Waals surface area contributed by atoms with Crippen LogP contribution >= 0.6 is 11.6 Å². The van der Waals surface area contributed by atoms with Crippen molar-refractivity contribution >= 4 is 44.4 Å². The average Bonchev–Trinajstić information content (AvgIpc) is 2.68. The second-order valence-electron chi connectivity index (χ2n) is 5.56. The van der Waals surface area contributed by atoms with E-state index in [1.807, 2.05) is 18.2 Å². The molecule has 8 nitrogen and oxygen atoms in total. The summed E-state index contributed by atoms with van der Waals surface area (Å²) in [6.45, 7) is 0. The first kappa shape index (κ1) is 19.5. The third kappa shape index (κ3) is 4.70. The topological polar surface area (TPSA) is 114 Å². The molecule has 0 aliphatic rings. The molecule has 3 aromatic rings. The van der Waals surface area contributed by atoms with Crippen molar-refractivity contribution in [3.63, 3.8) is 0 Å². The number of nitrogens with one attached hydrogen (secondary N) is 1. The number of azo groups is 1. The molecule has 0 radical (unpaired) electrons. The normalized spacial score (nSPS) is 11.5. The van der Waals surface area contributed by atoms with E-state index in [-0.39, 0.29) is 21.3 Å². The number of hydrogen-bond acceptors (Lipinski definition) is 6. The third-order valence-corrected chi connectivity index (χ3v) is 5.43. The molecule has 142 valence electrons. The Morgan fingerprint density at radius 3 is 2.11 bits per heavy atom. The van der Waals surface area contributed by atoms with Crippen LogP contribution in [0, 0.1) is 10.1 Å². The Bertz CT molecular complexity index is 1130. The molecule has 0 amide bonds. The molecule has 3 rings (SSSR count). The van der Waals surface area contributed by atoms with Crippen LogP contribution in [0.4, 0.5) is 22.7 Å². The Balaban J connectivity index is 1.79. The molecule has 0 bridgehead atoms. The quantitative estimate of drug-likeness (QED) is 0.326. The van der Waals surface area contributed by atoms with Gasteiger partial charge in [0.25, 0.3) is 15.7 Å². The standard InChI is InChI=1S/C18H13ClN4O4S/c19-17-11-10-16(23(24)25)12-18(17)28(26,27)22-15-8-6-14(7-9-15)21-20-13-4-2-1-3-5-13/h1-12,22H. The van der Waals surface area contributed by atoms with E-state index in [2.05, 4.69) is 15.0 Å². The third-order valence-electron chi connectivity index (χ3n) is 3.57. The summed E-state index contributed by atoms with van der Waals surface area (Å²) in [5.74, 6) is 0. The SMILES string of the molecule is O=[N+]([O-])c1ccc(Cl)c(S(=O)(=O)Nc2ccc(N=Nc3ccccc3)cc2)c1. The van der Waals surface area contributed by atoms with Gasteiger partial charge in [-0.1, -0.05) is 29.8 Å². The van der Waals surface area contributed by atoms with Crippen LogP contribution in [0.5, 0.6) is 0 Å². The zero-order chi connectivity index (χ0) is 20.1. The minimum absolute atomic E-state index is 0.119. The van der Waals surface area contributed by atoms with E-state index < -0.39 is 14.9 Å². The smallest absolute Gasteiger partial charge is 0.270 e.